The first-order valence-electron chi connectivity index (χ1n) is 2.49. The lowest BCUT2D eigenvalue weighted by atomic mass is 10.2. The van der Waals surface area contributed by atoms with Gasteiger partial charge in [0.15, 0.2) is 5.78 Å². The quantitative estimate of drug-likeness (QED) is 0.423. The predicted octanol–water partition coefficient (Wildman–Crippen LogP) is 1.76. The largest absolute Gasteiger partial charge is 0.295 e. The lowest BCUT2D eigenvalue weighted by Gasteiger charge is -1.92. The van der Waals surface area contributed by atoms with Crippen molar-refractivity contribution >= 4 is 17.4 Å². The average Bonchev–Trinajstić information content (AvgIpc) is 1.84. The van der Waals surface area contributed by atoms with Crippen LogP contribution in [0.15, 0.2) is 12.2 Å². The smallest absolute Gasteiger partial charge is 0.159 e. The van der Waals surface area contributed by atoms with Crippen LogP contribution in [-0.2, 0) is 4.79 Å². The molecule has 0 aromatic heterocycles. The van der Waals surface area contributed by atoms with Gasteiger partial charge >= 0.3 is 0 Å². The van der Waals surface area contributed by atoms with Crippen molar-refractivity contribution in [2.75, 3.05) is 5.88 Å². The Morgan fingerprint density at radius 2 is 2.25 bits per heavy atom. The molecule has 0 saturated carbocycles. The molecule has 0 radical (unpaired) electrons. The summed E-state index contributed by atoms with van der Waals surface area (Å²) < 4.78 is 0. The summed E-state index contributed by atoms with van der Waals surface area (Å²) in [6.07, 6.45) is 0.506. The van der Waals surface area contributed by atoms with Gasteiger partial charge in [-0.05, 0) is 0 Å². The third-order valence-corrected chi connectivity index (χ3v) is 1.20. The third-order valence-electron chi connectivity index (χ3n) is 0.877. The summed E-state index contributed by atoms with van der Waals surface area (Å²) in [4.78, 5) is 10.6. The Bertz CT molecular complexity index is 93.1. The molecule has 0 atom stereocenters. The summed E-state index contributed by atoms with van der Waals surface area (Å²) in [5.41, 5.74) is 0.508. The number of hydrogen-bond acceptors (Lipinski definition) is 1. The van der Waals surface area contributed by atoms with Gasteiger partial charge < -0.3 is 0 Å². The van der Waals surface area contributed by atoms with Crippen molar-refractivity contribution in [3.8, 4) is 0 Å². The summed E-state index contributed by atoms with van der Waals surface area (Å²) in [5, 5.41) is 0. The molecule has 0 aromatic carbocycles. The van der Waals surface area contributed by atoms with E-state index in [4.69, 9.17) is 11.6 Å². The van der Waals surface area contributed by atoms with E-state index in [0.717, 1.165) is 0 Å². The minimum atomic E-state index is 0.0556. The number of hydrogen-bond donors (Lipinski definition) is 0. The van der Waals surface area contributed by atoms with Crippen LogP contribution < -0.4 is 0 Å². The Labute approximate surface area is 54.3 Å². The highest BCUT2D eigenvalue weighted by molar-refractivity contribution is 6.22. The van der Waals surface area contributed by atoms with E-state index in [-0.39, 0.29) is 11.7 Å². The van der Waals surface area contributed by atoms with Crippen LogP contribution in [0.3, 0.4) is 0 Å². The van der Waals surface area contributed by atoms with Gasteiger partial charge in [0.25, 0.3) is 0 Å². The van der Waals surface area contributed by atoms with Crippen molar-refractivity contribution in [1.82, 2.24) is 0 Å². The van der Waals surface area contributed by atoms with Gasteiger partial charge in [0.1, 0.15) is 0 Å². The maximum absolute atomic E-state index is 10.6. The maximum atomic E-state index is 10.6. The lowest BCUT2D eigenvalue weighted by Crippen LogP contribution is -1.99. The van der Waals surface area contributed by atoms with Crippen molar-refractivity contribution in [1.29, 1.82) is 0 Å². The molecule has 0 unspecified atom stereocenters. The van der Waals surface area contributed by atoms with Crippen molar-refractivity contribution < 1.29 is 4.79 Å². The first-order chi connectivity index (χ1) is 3.72. The van der Waals surface area contributed by atoms with E-state index in [1.54, 1.807) is 6.92 Å². The number of allylic oxidation sites excluding steroid dienone is 1. The Kier molecular flexibility index (Phi) is 3.53. The van der Waals surface area contributed by atoms with Crippen LogP contribution in [0.4, 0.5) is 0 Å². The number of rotatable bonds is 3. The zero-order chi connectivity index (χ0) is 6.57. The number of halogens is 1. The Hall–Kier alpha value is -0.300. The van der Waals surface area contributed by atoms with Gasteiger partial charge in [0.2, 0.25) is 0 Å². The molecule has 0 heterocycles. The minimum Gasteiger partial charge on any atom is -0.295 e. The van der Waals surface area contributed by atoms with Crippen LogP contribution in [-0.4, -0.2) is 11.7 Å². The van der Waals surface area contributed by atoms with Crippen molar-refractivity contribution in [2.45, 2.75) is 13.3 Å². The number of alkyl halides is 1. The molecule has 0 bridgehead atoms. The fourth-order valence-corrected chi connectivity index (χ4v) is 0.474. The van der Waals surface area contributed by atoms with E-state index >= 15 is 0 Å². The van der Waals surface area contributed by atoms with Crippen LogP contribution in [0, 0.1) is 0 Å². The second-order valence-electron chi connectivity index (χ2n) is 1.51. The fraction of sp³-hybridized carbons (Fsp3) is 0.500. The monoisotopic (exact) mass is 132 g/mol. The summed E-state index contributed by atoms with van der Waals surface area (Å²) in [6.45, 7) is 5.25. The first-order valence-corrected chi connectivity index (χ1v) is 3.02. The SMILES string of the molecule is C=C(CCl)C(=O)CC. The van der Waals surface area contributed by atoms with Crippen LogP contribution in [0.25, 0.3) is 0 Å². The van der Waals surface area contributed by atoms with Gasteiger partial charge in [-0.15, -0.1) is 11.6 Å². The number of carbonyl (C=O) groups is 1. The first kappa shape index (κ1) is 7.70. The number of ketones is 1. The van der Waals surface area contributed by atoms with Crippen LogP contribution >= 0.6 is 11.6 Å². The molecule has 0 aliphatic carbocycles. The molecule has 1 nitrogen and oxygen atoms in total. The van der Waals surface area contributed by atoms with E-state index in [9.17, 15) is 4.79 Å². The van der Waals surface area contributed by atoms with E-state index in [2.05, 4.69) is 6.58 Å². The van der Waals surface area contributed by atoms with E-state index in [0.29, 0.717) is 12.0 Å². The summed E-state index contributed by atoms with van der Waals surface area (Å²) in [6, 6.07) is 0. The second-order valence-corrected chi connectivity index (χ2v) is 1.78. The summed E-state index contributed by atoms with van der Waals surface area (Å²) in [7, 11) is 0. The molecule has 8 heavy (non-hydrogen) atoms. The third kappa shape index (κ3) is 2.12. The predicted molar refractivity (Wildman–Crippen MR) is 35.2 cm³/mol. The molecule has 0 spiro atoms. The van der Waals surface area contributed by atoms with Crippen molar-refractivity contribution in [3.63, 3.8) is 0 Å². The van der Waals surface area contributed by atoms with Gasteiger partial charge in [-0.1, -0.05) is 13.5 Å². The molecule has 0 N–H and O–H groups in total. The second kappa shape index (κ2) is 3.67. The molecule has 0 amide bonds. The highest BCUT2D eigenvalue weighted by Gasteiger charge is 1.99. The Morgan fingerprint density at radius 1 is 1.75 bits per heavy atom. The average molecular weight is 133 g/mol. The summed E-state index contributed by atoms with van der Waals surface area (Å²) in [5.74, 6) is 0.312. The number of Topliss-reactive ketones (excluding diaryl/α,β-unsaturated/α-hetero) is 1. The van der Waals surface area contributed by atoms with Gasteiger partial charge in [0.05, 0.1) is 5.88 Å². The minimum absolute atomic E-state index is 0.0556. The zero-order valence-electron chi connectivity index (χ0n) is 4.91. The molecule has 46 valence electrons. The Morgan fingerprint density at radius 3 is 2.38 bits per heavy atom. The molecule has 0 aromatic rings. The lowest BCUT2D eigenvalue weighted by molar-refractivity contribution is -0.115. The molecule has 0 saturated heterocycles. The van der Waals surface area contributed by atoms with E-state index in [1.165, 1.54) is 0 Å². The molecule has 0 fully saturated rings. The van der Waals surface area contributed by atoms with Crippen LogP contribution in [0.5, 0.6) is 0 Å². The topological polar surface area (TPSA) is 17.1 Å². The molecule has 2 heteroatoms. The molecular formula is C6H9ClO. The van der Waals surface area contributed by atoms with Gasteiger partial charge in [-0.2, -0.15) is 0 Å². The van der Waals surface area contributed by atoms with E-state index in [1.807, 2.05) is 0 Å². The van der Waals surface area contributed by atoms with Gasteiger partial charge in [0, 0.05) is 12.0 Å². The summed E-state index contributed by atoms with van der Waals surface area (Å²) >= 11 is 5.31. The molecule has 0 aliphatic heterocycles. The van der Waals surface area contributed by atoms with Gasteiger partial charge in [-0.3, -0.25) is 4.79 Å². The fourth-order valence-electron chi connectivity index (χ4n) is 0.325. The number of carbonyl (C=O) groups excluding carboxylic acids is 1. The highest BCUT2D eigenvalue weighted by atomic mass is 35.5. The van der Waals surface area contributed by atoms with Crippen LogP contribution in [0.1, 0.15) is 13.3 Å². The van der Waals surface area contributed by atoms with Gasteiger partial charge in [-0.25, -0.2) is 0 Å². The van der Waals surface area contributed by atoms with Crippen molar-refractivity contribution in [2.24, 2.45) is 0 Å². The molecular weight excluding hydrogens is 124 g/mol. The van der Waals surface area contributed by atoms with E-state index < -0.39 is 0 Å². The molecule has 0 aliphatic rings. The zero-order valence-corrected chi connectivity index (χ0v) is 5.66. The normalized spacial score (nSPS) is 8.75. The maximum Gasteiger partial charge on any atom is 0.159 e. The van der Waals surface area contributed by atoms with Crippen molar-refractivity contribution in [3.05, 3.63) is 12.2 Å². The standard InChI is InChI=1S/C6H9ClO/c1-3-6(8)5(2)4-7/h2-4H2,1H3. The molecule has 0 rings (SSSR count). The Balaban J connectivity index is 3.64. The highest BCUT2D eigenvalue weighted by Crippen LogP contribution is 1.97. The van der Waals surface area contributed by atoms with Crippen LogP contribution in [0.2, 0.25) is 0 Å².